The van der Waals surface area contributed by atoms with Gasteiger partial charge in [0.1, 0.15) is 0 Å². The van der Waals surface area contributed by atoms with Crippen molar-refractivity contribution in [2.45, 2.75) is 38.1 Å². The van der Waals surface area contributed by atoms with E-state index in [1.807, 2.05) is 0 Å². The molecule has 2 aliphatic rings. The van der Waals surface area contributed by atoms with Gasteiger partial charge in [-0.15, -0.1) is 0 Å². The molecule has 0 amide bonds. The molecular weight excluding hydrogens is 246 g/mol. The van der Waals surface area contributed by atoms with Crippen LogP contribution in [0.25, 0.3) is 0 Å². The summed E-state index contributed by atoms with van der Waals surface area (Å²) >= 11 is 0. The smallest absolute Gasteiger partial charge is 0.311 e. The van der Waals surface area contributed by atoms with Crippen LogP contribution in [0.1, 0.15) is 32.1 Å². The molecule has 0 aromatic rings. The molecule has 1 unspecified atom stereocenters. The summed E-state index contributed by atoms with van der Waals surface area (Å²) in [6, 6.07) is 0.496. The number of hydrogen-bond donors (Lipinski definition) is 1. The lowest BCUT2D eigenvalue weighted by Crippen LogP contribution is -2.52. The Balaban J connectivity index is 2.01. The minimum Gasteiger partial charge on any atom is -0.481 e. The highest BCUT2D eigenvalue weighted by atomic mass is 16.5. The molecular formula is C14H25NO4. The van der Waals surface area contributed by atoms with Crippen LogP contribution < -0.4 is 0 Å². The van der Waals surface area contributed by atoms with Crippen molar-refractivity contribution in [3.63, 3.8) is 0 Å². The van der Waals surface area contributed by atoms with Gasteiger partial charge in [0.2, 0.25) is 0 Å². The summed E-state index contributed by atoms with van der Waals surface area (Å²) in [6.45, 7) is 3.82. The Bertz CT molecular complexity index is 304. The highest BCUT2D eigenvalue weighted by Crippen LogP contribution is 2.35. The van der Waals surface area contributed by atoms with Gasteiger partial charge in [-0.25, -0.2) is 0 Å². The van der Waals surface area contributed by atoms with E-state index in [1.165, 1.54) is 0 Å². The van der Waals surface area contributed by atoms with Crippen molar-refractivity contribution in [3.8, 4) is 0 Å². The second-order valence-corrected chi connectivity index (χ2v) is 5.75. The Hall–Kier alpha value is -0.650. The summed E-state index contributed by atoms with van der Waals surface area (Å²) in [5, 5.41) is 9.62. The van der Waals surface area contributed by atoms with Crippen LogP contribution in [0.15, 0.2) is 0 Å². The lowest BCUT2D eigenvalue weighted by Gasteiger charge is -2.44. The van der Waals surface area contributed by atoms with E-state index in [2.05, 4.69) is 4.90 Å². The Labute approximate surface area is 114 Å². The number of carboxylic acid groups (broad SMARTS) is 1. The number of ether oxygens (including phenoxy) is 2. The minimum atomic E-state index is -0.665. The van der Waals surface area contributed by atoms with Crippen LogP contribution in [0, 0.1) is 5.41 Å². The van der Waals surface area contributed by atoms with Crippen LogP contribution in [-0.2, 0) is 14.3 Å². The maximum absolute atomic E-state index is 11.7. The van der Waals surface area contributed by atoms with Gasteiger partial charge in [-0.3, -0.25) is 9.69 Å². The second kappa shape index (κ2) is 6.68. The number of nitrogens with zero attached hydrogens (tertiary/aromatic N) is 1. The minimum absolute atomic E-state index is 0.496. The number of carbonyl (C=O) groups is 1. The molecule has 0 aromatic heterocycles. The van der Waals surface area contributed by atoms with Gasteiger partial charge in [-0.2, -0.15) is 0 Å². The third-order valence-corrected chi connectivity index (χ3v) is 4.55. The summed E-state index contributed by atoms with van der Waals surface area (Å²) < 4.78 is 10.5. The van der Waals surface area contributed by atoms with Crippen LogP contribution in [0.2, 0.25) is 0 Å². The molecule has 1 N–H and O–H groups in total. The van der Waals surface area contributed by atoms with Gasteiger partial charge in [-0.05, 0) is 38.6 Å². The number of piperidine rings is 1. The average Bonchev–Trinajstić information content (AvgIpc) is 2.46. The lowest BCUT2D eigenvalue weighted by atomic mass is 9.76. The first-order chi connectivity index (χ1) is 9.18. The van der Waals surface area contributed by atoms with E-state index in [1.54, 1.807) is 7.11 Å². The van der Waals surface area contributed by atoms with Gasteiger partial charge in [0, 0.05) is 39.5 Å². The van der Waals surface area contributed by atoms with E-state index >= 15 is 0 Å². The van der Waals surface area contributed by atoms with E-state index in [4.69, 9.17) is 9.47 Å². The van der Waals surface area contributed by atoms with Gasteiger partial charge in [0.15, 0.2) is 0 Å². The fourth-order valence-electron chi connectivity index (χ4n) is 3.31. The molecule has 0 radical (unpaired) electrons. The van der Waals surface area contributed by atoms with E-state index in [0.717, 1.165) is 45.4 Å². The van der Waals surface area contributed by atoms with E-state index < -0.39 is 11.4 Å². The molecule has 0 aromatic carbocycles. The molecule has 2 heterocycles. The van der Waals surface area contributed by atoms with Crippen molar-refractivity contribution in [2.75, 3.05) is 40.0 Å². The number of hydrogen-bond acceptors (Lipinski definition) is 4. The number of methoxy groups -OCH3 is 1. The maximum Gasteiger partial charge on any atom is 0.311 e. The summed E-state index contributed by atoms with van der Waals surface area (Å²) in [6.07, 6.45) is 4.40. The third-order valence-electron chi connectivity index (χ3n) is 4.55. The fraction of sp³-hybridized carbons (Fsp3) is 0.929. The molecule has 110 valence electrons. The molecule has 2 rings (SSSR count). The standard InChI is InChI=1S/C14H25NO4/c1-18-10-6-14(13(16)17)5-2-7-15(11-14)12-3-8-19-9-4-12/h12H,2-11H2,1H3,(H,16,17). The van der Waals surface area contributed by atoms with E-state index in [0.29, 0.717) is 25.6 Å². The first-order valence-electron chi connectivity index (χ1n) is 7.22. The molecule has 2 fully saturated rings. The van der Waals surface area contributed by atoms with Crippen LogP contribution in [0.4, 0.5) is 0 Å². The summed E-state index contributed by atoms with van der Waals surface area (Å²) in [7, 11) is 1.63. The zero-order valence-corrected chi connectivity index (χ0v) is 11.8. The van der Waals surface area contributed by atoms with Crippen molar-refractivity contribution in [2.24, 2.45) is 5.41 Å². The topological polar surface area (TPSA) is 59.0 Å². The Morgan fingerprint density at radius 2 is 2.21 bits per heavy atom. The molecule has 5 nitrogen and oxygen atoms in total. The van der Waals surface area contributed by atoms with Gasteiger partial charge in [-0.1, -0.05) is 0 Å². The highest BCUT2D eigenvalue weighted by molar-refractivity contribution is 5.75. The predicted molar refractivity (Wildman–Crippen MR) is 71.2 cm³/mol. The zero-order valence-electron chi connectivity index (χ0n) is 11.8. The molecule has 0 saturated carbocycles. The summed E-state index contributed by atoms with van der Waals surface area (Å²) in [5.41, 5.74) is -0.618. The molecule has 2 saturated heterocycles. The molecule has 19 heavy (non-hydrogen) atoms. The number of likely N-dealkylation sites (tertiary alicyclic amines) is 1. The Kier molecular flexibility index (Phi) is 5.19. The van der Waals surface area contributed by atoms with Crippen molar-refractivity contribution < 1.29 is 19.4 Å². The van der Waals surface area contributed by atoms with Gasteiger partial charge in [0.05, 0.1) is 5.41 Å². The highest BCUT2D eigenvalue weighted by Gasteiger charge is 2.43. The molecule has 0 aliphatic carbocycles. The predicted octanol–water partition coefficient (Wildman–Crippen LogP) is 1.37. The number of aliphatic carboxylic acids is 1. The normalized spacial score (nSPS) is 30.4. The maximum atomic E-state index is 11.7. The van der Waals surface area contributed by atoms with Crippen LogP contribution in [0.5, 0.6) is 0 Å². The molecule has 0 spiro atoms. The van der Waals surface area contributed by atoms with Crippen molar-refractivity contribution in [1.82, 2.24) is 4.90 Å². The zero-order chi connectivity index (χ0) is 13.7. The monoisotopic (exact) mass is 271 g/mol. The summed E-state index contributed by atoms with van der Waals surface area (Å²) in [5.74, 6) is -0.665. The molecule has 0 bridgehead atoms. The van der Waals surface area contributed by atoms with E-state index in [-0.39, 0.29) is 0 Å². The first kappa shape index (κ1) is 14.8. The van der Waals surface area contributed by atoms with Crippen molar-refractivity contribution in [3.05, 3.63) is 0 Å². The molecule has 2 aliphatic heterocycles. The van der Waals surface area contributed by atoms with Crippen LogP contribution >= 0.6 is 0 Å². The molecule has 5 heteroatoms. The average molecular weight is 271 g/mol. The summed E-state index contributed by atoms with van der Waals surface area (Å²) in [4.78, 5) is 14.1. The van der Waals surface area contributed by atoms with Gasteiger partial charge >= 0.3 is 5.97 Å². The fourth-order valence-corrected chi connectivity index (χ4v) is 3.31. The Morgan fingerprint density at radius 3 is 2.84 bits per heavy atom. The second-order valence-electron chi connectivity index (χ2n) is 5.75. The van der Waals surface area contributed by atoms with E-state index in [9.17, 15) is 9.90 Å². The quantitative estimate of drug-likeness (QED) is 0.818. The number of carboxylic acids is 1. The van der Waals surface area contributed by atoms with Crippen LogP contribution in [-0.4, -0.2) is 62.0 Å². The first-order valence-corrected chi connectivity index (χ1v) is 7.22. The number of rotatable bonds is 5. The largest absolute Gasteiger partial charge is 0.481 e. The van der Waals surface area contributed by atoms with Crippen LogP contribution in [0.3, 0.4) is 0 Å². The lowest BCUT2D eigenvalue weighted by molar-refractivity contribution is -0.155. The molecule has 1 atom stereocenters. The Morgan fingerprint density at radius 1 is 1.47 bits per heavy atom. The van der Waals surface area contributed by atoms with Gasteiger partial charge < -0.3 is 14.6 Å². The van der Waals surface area contributed by atoms with Gasteiger partial charge in [0.25, 0.3) is 0 Å². The SMILES string of the molecule is COCCC1(C(=O)O)CCCN(C2CCOCC2)C1. The van der Waals surface area contributed by atoms with Crippen molar-refractivity contribution >= 4 is 5.97 Å². The third kappa shape index (κ3) is 3.46. The van der Waals surface area contributed by atoms with Crippen molar-refractivity contribution in [1.29, 1.82) is 0 Å².